The van der Waals surface area contributed by atoms with Crippen LogP contribution in [-0.4, -0.2) is 43.1 Å². The number of carbonyl (C=O) groups excluding carboxylic acids is 1. The minimum Gasteiger partial charge on any atom is -0.493 e. The van der Waals surface area contributed by atoms with Crippen LogP contribution in [0.4, 0.5) is 13.2 Å². The van der Waals surface area contributed by atoms with E-state index in [1.54, 1.807) is 25.2 Å². The van der Waals surface area contributed by atoms with Crippen molar-refractivity contribution >= 4 is 17.2 Å². The number of methoxy groups -OCH3 is 2. The van der Waals surface area contributed by atoms with Crippen LogP contribution in [0, 0.1) is 5.92 Å². The molecule has 1 fully saturated rings. The molecule has 0 atom stereocenters. The lowest BCUT2D eigenvalue weighted by Gasteiger charge is -2.23. The summed E-state index contributed by atoms with van der Waals surface area (Å²) in [6.07, 6.45) is -1.72. The van der Waals surface area contributed by atoms with Gasteiger partial charge in [0.25, 0.3) is 5.91 Å². The number of nitrogens with zero attached hydrogens (tertiary/aromatic N) is 2. The fraction of sp³-hybridized carbons (Fsp3) is 0.360. The summed E-state index contributed by atoms with van der Waals surface area (Å²) in [6.45, 7) is 1.07. The van der Waals surface area contributed by atoms with Gasteiger partial charge in [-0.1, -0.05) is 18.2 Å². The molecule has 0 spiro atoms. The molecule has 0 aliphatic heterocycles. The first-order valence-electron chi connectivity index (χ1n) is 10.9. The third-order valence-electron chi connectivity index (χ3n) is 5.80. The summed E-state index contributed by atoms with van der Waals surface area (Å²) < 4.78 is 50.3. The van der Waals surface area contributed by atoms with Crippen molar-refractivity contribution in [1.29, 1.82) is 0 Å². The van der Waals surface area contributed by atoms with Gasteiger partial charge >= 0.3 is 6.18 Å². The molecule has 180 valence electrons. The summed E-state index contributed by atoms with van der Waals surface area (Å²) in [7, 11) is 3.14. The molecule has 0 unspecified atom stereocenters. The predicted octanol–water partition coefficient (Wildman–Crippen LogP) is 5.94. The smallest absolute Gasteiger partial charge is 0.416 e. The first kappa shape index (κ1) is 24.1. The highest BCUT2D eigenvalue weighted by atomic mass is 32.1. The number of aromatic nitrogens is 1. The molecule has 0 N–H and O–H groups in total. The Morgan fingerprint density at radius 2 is 1.88 bits per heavy atom. The third-order valence-corrected chi connectivity index (χ3v) is 6.68. The number of hydrogen-bond donors (Lipinski definition) is 0. The fourth-order valence-corrected chi connectivity index (χ4v) is 4.56. The zero-order valence-corrected chi connectivity index (χ0v) is 19.7. The Bertz CT molecular complexity index is 1160. The Balaban J connectivity index is 1.56. The molecule has 1 aliphatic carbocycles. The normalized spacial score (nSPS) is 13.6. The molecule has 0 bridgehead atoms. The summed E-state index contributed by atoms with van der Waals surface area (Å²) in [5.41, 5.74) is 2.28. The van der Waals surface area contributed by atoms with Crippen LogP contribution in [0.15, 0.2) is 48.0 Å². The lowest BCUT2D eigenvalue weighted by molar-refractivity contribution is -0.137. The van der Waals surface area contributed by atoms with Crippen molar-refractivity contribution in [3.8, 4) is 21.9 Å². The van der Waals surface area contributed by atoms with Gasteiger partial charge in [-0.05, 0) is 60.6 Å². The SMILES string of the molecule is COc1ccc(CCN(CC2CC2)C(=O)c2ncsc2-c2cccc(C(F)(F)F)c2)cc1OC. The lowest BCUT2D eigenvalue weighted by atomic mass is 10.1. The summed E-state index contributed by atoms with van der Waals surface area (Å²) in [4.78, 5) is 20.0. The predicted molar refractivity (Wildman–Crippen MR) is 124 cm³/mol. The van der Waals surface area contributed by atoms with E-state index < -0.39 is 11.7 Å². The molecule has 1 amide bonds. The maximum Gasteiger partial charge on any atom is 0.416 e. The molecule has 3 aromatic rings. The molecule has 4 rings (SSSR count). The summed E-state index contributed by atoms with van der Waals surface area (Å²) in [5, 5.41) is 0. The van der Waals surface area contributed by atoms with Crippen molar-refractivity contribution in [2.24, 2.45) is 5.92 Å². The highest BCUT2D eigenvalue weighted by molar-refractivity contribution is 7.13. The Kier molecular flexibility index (Phi) is 7.11. The zero-order chi connectivity index (χ0) is 24.3. The molecule has 0 radical (unpaired) electrons. The van der Waals surface area contributed by atoms with E-state index in [4.69, 9.17) is 9.47 Å². The van der Waals surface area contributed by atoms with E-state index in [2.05, 4.69) is 4.98 Å². The fourth-order valence-electron chi connectivity index (χ4n) is 3.78. The molecule has 34 heavy (non-hydrogen) atoms. The second kappa shape index (κ2) is 10.0. The summed E-state index contributed by atoms with van der Waals surface area (Å²) >= 11 is 1.17. The standard InChI is InChI=1S/C25H25F3N2O3S/c1-32-20-9-8-16(12-21(20)33-2)10-11-30(14-17-6-7-17)24(31)22-23(34-15-29-22)18-4-3-5-19(13-18)25(26,27)28/h3-5,8-9,12-13,15,17H,6-7,10-11,14H2,1-2H3. The van der Waals surface area contributed by atoms with E-state index in [0.717, 1.165) is 30.5 Å². The van der Waals surface area contributed by atoms with Gasteiger partial charge < -0.3 is 14.4 Å². The topological polar surface area (TPSA) is 51.7 Å². The molecule has 9 heteroatoms. The molecule has 1 saturated carbocycles. The first-order chi connectivity index (χ1) is 16.3. The number of rotatable bonds is 9. The van der Waals surface area contributed by atoms with Gasteiger partial charge in [0.05, 0.1) is 30.2 Å². The van der Waals surface area contributed by atoms with Crippen molar-refractivity contribution in [2.45, 2.75) is 25.4 Å². The van der Waals surface area contributed by atoms with Gasteiger partial charge in [-0.3, -0.25) is 4.79 Å². The van der Waals surface area contributed by atoms with Gasteiger partial charge in [-0.2, -0.15) is 13.2 Å². The van der Waals surface area contributed by atoms with E-state index >= 15 is 0 Å². The van der Waals surface area contributed by atoms with Gasteiger partial charge in [-0.15, -0.1) is 11.3 Å². The Morgan fingerprint density at radius 3 is 2.56 bits per heavy atom. The summed E-state index contributed by atoms with van der Waals surface area (Å²) in [5.74, 6) is 1.43. The Hall–Kier alpha value is -3.07. The molecule has 1 aliphatic rings. The number of thiazole rings is 1. The number of hydrogen-bond acceptors (Lipinski definition) is 5. The van der Waals surface area contributed by atoms with Crippen LogP contribution in [-0.2, 0) is 12.6 Å². The highest BCUT2D eigenvalue weighted by Crippen LogP contribution is 2.36. The van der Waals surface area contributed by atoms with Crippen LogP contribution >= 0.6 is 11.3 Å². The van der Waals surface area contributed by atoms with Gasteiger partial charge in [0.1, 0.15) is 5.69 Å². The van der Waals surface area contributed by atoms with Crippen molar-refractivity contribution < 1.29 is 27.4 Å². The molecule has 2 aromatic carbocycles. The number of benzene rings is 2. The van der Waals surface area contributed by atoms with Gasteiger partial charge in [0.15, 0.2) is 11.5 Å². The molecule has 1 heterocycles. The quantitative estimate of drug-likeness (QED) is 0.373. The van der Waals surface area contributed by atoms with E-state index in [0.29, 0.717) is 47.4 Å². The minimum atomic E-state index is -4.46. The van der Waals surface area contributed by atoms with Crippen LogP contribution in [0.1, 0.15) is 34.5 Å². The van der Waals surface area contributed by atoms with Crippen LogP contribution in [0.3, 0.4) is 0 Å². The Labute approximate surface area is 200 Å². The first-order valence-corrected chi connectivity index (χ1v) is 11.8. The summed E-state index contributed by atoms with van der Waals surface area (Å²) in [6, 6.07) is 10.7. The zero-order valence-electron chi connectivity index (χ0n) is 18.9. The monoisotopic (exact) mass is 490 g/mol. The van der Waals surface area contributed by atoms with E-state index in [9.17, 15) is 18.0 Å². The Morgan fingerprint density at radius 1 is 1.12 bits per heavy atom. The maximum absolute atomic E-state index is 13.5. The van der Waals surface area contributed by atoms with Gasteiger partial charge in [-0.25, -0.2) is 4.98 Å². The van der Waals surface area contributed by atoms with Gasteiger partial charge in [0, 0.05) is 13.1 Å². The average molecular weight is 491 g/mol. The van der Waals surface area contributed by atoms with Crippen LogP contribution in [0.25, 0.3) is 10.4 Å². The number of carbonyl (C=O) groups is 1. The van der Waals surface area contributed by atoms with Crippen molar-refractivity contribution in [3.05, 3.63) is 64.8 Å². The maximum atomic E-state index is 13.5. The molecule has 0 saturated heterocycles. The average Bonchev–Trinajstić information content (AvgIpc) is 3.52. The lowest BCUT2D eigenvalue weighted by Crippen LogP contribution is -2.35. The molecule has 1 aromatic heterocycles. The molecule has 5 nitrogen and oxygen atoms in total. The van der Waals surface area contributed by atoms with E-state index in [1.807, 2.05) is 18.2 Å². The molecular weight excluding hydrogens is 465 g/mol. The van der Waals surface area contributed by atoms with Crippen molar-refractivity contribution in [3.63, 3.8) is 0 Å². The largest absolute Gasteiger partial charge is 0.493 e. The second-order valence-corrected chi connectivity index (χ2v) is 9.10. The van der Waals surface area contributed by atoms with Crippen LogP contribution in [0.5, 0.6) is 11.5 Å². The molecular formula is C25H25F3N2O3S. The number of amides is 1. The van der Waals surface area contributed by atoms with Crippen molar-refractivity contribution in [1.82, 2.24) is 9.88 Å². The second-order valence-electron chi connectivity index (χ2n) is 8.24. The number of halogens is 3. The highest BCUT2D eigenvalue weighted by Gasteiger charge is 2.32. The van der Waals surface area contributed by atoms with Crippen molar-refractivity contribution in [2.75, 3.05) is 27.3 Å². The van der Waals surface area contributed by atoms with E-state index in [1.165, 1.54) is 22.9 Å². The van der Waals surface area contributed by atoms with E-state index in [-0.39, 0.29) is 11.6 Å². The van der Waals surface area contributed by atoms with Crippen LogP contribution < -0.4 is 9.47 Å². The number of ether oxygens (including phenoxy) is 2. The minimum absolute atomic E-state index is 0.192. The van der Waals surface area contributed by atoms with Crippen LogP contribution in [0.2, 0.25) is 0 Å². The van der Waals surface area contributed by atoms with Gasteiger partial charge in [0.2, 0.25) is 0 Å². The number of alkyl halides is 3. The third kappa shape index (κ3) is 5.52.